The number of carbonyl (C=O) groups excluding carboxylic acids is 2. The van der Waals surface area contributed by atoms with Crippen LogP contribution in [0.1, 0.15) is 59.9 Å². The van der Waals surface area contributed by atoms with Crippen LogP contribution in [0.4, 0.5) is 5.69 Å². The first-order valence-corrected chi connectivity index (χ1v) is 17.9. The summed E-state index contributed by atoms with van der Waals surface area (Å²) in [7, 11) is -4.14. The number of rotatable bonds is 12. The van der Waals surface area contributed by atoms with Crippen LogP contribution in [0.3, 0.4) is 0 Å². The van der Waals surface area contributed by atoms with E-state index in [9.17, 15) is 18.0 Å². The maximum atomic E-state index is 14.8. The van der Waals surface area contributed by atoms with E-state index in [1.807, 2.05) is 81.4 Å². The highest BCUT2D eigenvalue weighted by Gasteiger charge is 2.35. The topological polar surface area (TPSA) is 86.8 Å². The summed E-state index contributed by atoms with van der Waals surface area (Å²) in [6.07, 6.45) is 5.38. The number of nitrogens with zero attached hydrogens (tertiary/aromatic N) is 2. The molecule has 47 heavy (non-hydrogen) atoms. The van der Waals surface area contributed by atoms with Gasteiger partial charge in [0.05, 0.1) is 10.6 Å². The molecule has 8 heteroatoms. The summed E-state index contributed by atoms with van der Waals surface area (Å²) in [6.45, 7) is 5.48. The summed E-state index contributed by atoms with van der Waals surface area (Å²) >= 11 is 0. The van der Waals surface area contributed by atoms with Crippen molar-refractivity contribution in [2.45, 2.75) is 82.8 Å². The number of hydrogen-bond donors (Lipinski definition) is 1. The minimum Gasteiger partial charge on any atom is -0.352 e. The molecule has 1 fully saturated rings. The van der Waals surface area contributed by atoms with Gasteiger partial charge in [0.1, 0.15) is 12.6 Å². The molecule has 0 heterocycles. The molecule has 1 aliphatic carbocycles. The summed E-state index contributed by atoms with van der Waals surface area (Å²) in [5.74, 6) is -0.668. The van der Waals surface area contributed by atoms with E-state index in [1.165, 1.54) is 16.4 Å². The minimum atomic E-state index is -4.14. The Hall–Kier alpha value is -4.43. The summed E-state index contributed by atoms with van der Waals surface area (Å²) in [5.41, 5.74) is 4.97. The Labute approximate surface area is 279 Å². The van der Waals surface area contributed by atoms with Crippen molar-refractivity contribution in [2.24, 2.45) is 0 Å². The highest BCUT2D eigenvalue weighted by atomic mass is 32.2. The molecule has 0 aromatic heterocycles. The average Bonchev–Trinajstić information content (AvgIpc) is 3.06. The third kappa shape index (κ3) is 8.69. The molecule has 0 bridgehead atoms. The Morgan fingerprint density at radius 3 is 2.02 bits per heavy atom. The highest BCUT2D eigenvalue weighted by Crippen LogP contribution is 2.27. The molecule has 0 spiro atoms. The molecule has 0 aliphatic heterocycles. The minimum absolute atomic E-state index is 0.0511. The Morgan fingerprint density at radius 1 is 0.787 bits per heavy atom. The van der Waals surface area contributed by atoms with E-state index in [-0.39, 0.29) is 23.4 Å². The number of anilines is 1. The molecular weight excluding hydrogens is 607 g/mol. The van der Waals surface area contributed by atoms with Gasteiger partial charge in [0.15, 0.2) is 0 Å². The largest absolute Gasteiger partial charge is 0.352 e. The lowest BCUT2D eigenvalue weighted by Gasteiger charge is -2.35. The average molecular weight is 652 g/mol. The van der Waals surface area contributed by atoms with Gasteiger partial charge in [-0.05, 0) is 85.7 Å². The summed E-state index contributed by atoms with van der Waals surface area (Å²) < 4.78 is 29.7. The van der Waals surface area contributed by atoms with Crippen molar-refractivity contribution in [3.8, 4) is 0 Å². The van der Waals surface area contributed by atoms with Crippen molar-refractivity contribution in [1.29, 1.82) is 0 Å². The number of amides is 2. The molecule has 0 saturated heterocycles. The number of benzene rings is 4. The maximum Gasteiger partial charge on any atom is 0.264 e. The Bertz CT molecular complexity index is 1750. The monoisotopic (exact) mass is 651 g/mol. The Balaban J connectivity index is 1.58. The zero-order valence-electron chi connectivity index (χ0n) is 27.6. The van der Waals surface area contributed by atoms with Crippen molar-refractivity contribution in [3.05, 3.63) is 131 Å². The number of hydrogen-bond acceptors (Lipinski definition) is 4. The molecular formula is C39H45N3O4S. The van der Waals surface area contributed by atoms with E-state index >= 15 is 0 Å². The molecule has 1 saturated carbocycles. The third-order valence-electron chi connectivity index (χ3n) is 8.93. The highest BCUT2D eigenvalue weighted by molar-refractivity contribution is 7.92. The van der Waals surface area contributed by atoms with Crippen LogP contribution in [0.5, 0.6) is 0 Å². The van der Waals surface area contributed by atoms with E-state index in [1.54, 1.807) is 35.2 Å². The molecule has 1 aliphatic rings. The summed E-state index contributed by atoms with van der Waals surface area (Å²) in [4.78, 5) is 30.7. The van der Waals surface area contributed by atoms with Crippen LogP contribution in [0.2, 0.25) is 0 Å². The van der Waals surface area contributed by atoms with Gasteiger partial charge in [-0.15, -0.1) is 0 Å². The predicted octanol–water partition coefficient (Wildman–Crippen LogP) is 6.90. The second-order valence-corrected chi connectivity index (χ2v) is 14.5. The van der Waals surface area contributed by atoms with Crippen LogP contribution < -0.4 is 9.62 Å². The Kier molecular flexibility index (Phi) is 11.1. The number of aryl methyl sites for hydroxylation is 3. The molecule has 1 N–H and O–H groups in total. The molecule has 1 atom stereocenters. The lowest BCUT2D eigenvalue weighted by atomic mass is 9.94. The molecule has 4 aromatic carbocycles. The van der Waals surface area contributed by atoms with E-state index in [2.05, 4.69) is 5.32 Å². The first kappa shape index (κ1) is 33.9. The first-order chi connectivity index (χ1) is 22.6. The summed E-state index contributed by atoms with van der Waals surface area (Å²) in [5, 5.41) is 3.27. The second kappa shape index (κ2) is 15.4. The van der Waals surface area contributed by atoms with Gasteiger partial charge < -0.3 is 10.2 Å². The van der Waals surface area contributed by atoms with Gasteiger partial charge in [-0.1, -0.05) is 98.1 Å². The second-order valence-electron chi connectivity index (χ2n) is 12.7. The van der Waals surface area contributed by atoms with Crippen LogP contribution in [0.15, 0.2) is 108 Å². The van der Waals surface area contributed by atoms with Crippen LogP contribution >= 0.6 is 0 Å². The van der Waals surface area contributed by atoms with E-state index in [4.69, 9.17) is 0 Å². The smallest absolute Gasteiger partial charge is 0.264 e. The van der Waals surface area contributed by atoms with Crippen molar-refractivity contribution in [2.75, 3.05) is 10.8 Å². The number of nitrogens with one attached hydrogen (secondary N) is 1. The van der Waals surface area contributed by atoms with Gasteiger partial charge in [-0.25, -0.2) is 8.42 Å². The molecule has 2 amide bonds. The van der Waals surface area contributed by atoms with Crippen LogP contribution in [-0.4, -0.2) is 43.8 Å². The van der Waals surface area contributed by atoms with Crippen molar-refractivity contribution in [3.63, 3.8) is 0 Å². The lowest BCUT2D eigenvalue weighted by Crippen LogP contribution is -2.55. The number of carbonyl (C=O) groups is 2. The van der Waals surface area contributed by atoms with Crippen LogP contribution in [0, 0.1) is 20.8 Å². The fraction of sp³-hybridized carbons (Fsp3) is 0.333. The van der Waals surface area contributed by atoms with Crippen molar-refractivity contribution >= 4 is 27.5 Å². The van der Waals surface area contributed by atoms with Crippen molar-refractivity contribution < 1.29 is 18.0 Å². The molecule has 7 nitrogen and oxygen atoms in total. The Morgan fingerprint density at radius 2 is 1.38 bits per heavy atom. The molecule has 0 radical (unpaired) electrons. The van der Waals surface area contributed by atoms with Gasteiger partial charge in [0.2, 0.25) is 11.8 Å². The van der Waals surface area contributed by atoms with Crippen LogP contribution in [-0.2, 0) is 32.6 Å². The SMILES string of the molecule is Cc1cc(C)cc(N(CC(=O)N(Cc2ccccc2C)C(Cc2ccccc2)C(=O)NC2CCCCC2)S(=O)(=O)c2ccccc2)c1. The zero-order valence-corrected chi connectivity index (χ0v) is 28.4. The fourth-order valence-corrected chi connectivity index (χ4v) is 7.83. The van der Waals surface area contributed by atoms with Crippen molar-refractivity contribution in [1.82, 2.24) is 10.2 Å². The normalized spacial score (nSPS) is 14.3. The fourth-order valence-electron chi connectivity index (χ4n) is 6.41. The van der Waals surface area contributed by atoms with Crippen LogP contribution in [0.25, 0.3) is 0 Å². The van der Waals surface area contributed by atoms with Gasteiger partial charge in [0, 0.05) is 19.0 Å². The molecule has 4 aromatic rings. The first-order valence-electron chi connectivity index (χ1n) is 16.5. The summed E-state index contributed by atoms with van der Waals surface area (Å²) in [6, 6.07) is 30.4. The number of sulfonamides is 1. The van der Waals surface area contributed by atoms with Gasteiger partial charge in [-0.3, -0.25) is 13.9 Å². The molecule has 1 unspecified atom stereocenters. The zero-order chi connectivity index (χ0) is 33.4. The van der Waals surface area contributed by atoms with E-state index in [0.717, 1.165) is 59.9 Å². The third-order valence-corrected chi connectivity index (χ3v) is 10.7. The van der Waals surface area contributed by atoms with Gasteiger partial charge >= 0.3 is 0 Å². The van der Waals surface area contributed by atoms with E-state index < -0.39 is 28.5 Å². The van der Waals surface area contributed by atoms with Gasteiger partial charge in [-0.2, -0.15) is 0 Å². The lowest BCUT2D eigenvalue weighted by molar-refractivity contribution is -0.140. The quantitative estimate of drug-likeness (QED) is 0.181. The van der Waals surface area contributed by atoms with E-state index in [0.29, 0.717) is 12.1 Å². The molecule has 5 rings (SSSR count). The standard InChI is InChI=1S/C39H45N3O4S/c1-29-23-30(2)25-35(24-29)42(47(45,46)36-21-11-6-12-22-36)28-38(43)41(27-33-18-14-13-15-31(33)3)37(26-32-16-7-4-8-17-32)39(44)40-34-19-9-5-10-20-34/h4,6-8,11-18,21-25,34,37H,5,9-10,19-20,26-28H2,1-3H3,(H,40,44). The predicted molar refractivity (Wildman–Crippen MR) is 188 cm³/mol. The maximum absolute atomic E-state index is 14.8. The molecule has 246 valence electrons. The van der Waals surface area contributed by atoms with Gasteiger partial charge in [0.25, 0.3) is 10.0 Å².